The summed E-state index contributed by atoms with van der Waals surface area (Å²) >= 11 is 0. The molecule has 4 aromatic rings. The van der Waals surface area contributed by atoms with Crippen LogP contribution in [0.4, 0.5) is 4.39 Å². The predicted octanol–water partition coefficient (Wildman–Crippen LogP) is 4.88. The molecule has 0 radical (unpaired) electrons. The Bertz CT molecular complexity index is 1320. The van der Waals surface area contributed by atoms with E-state index >= 15 is 0 Å². The minimum absolute atomic E-state index is 0.286. The Morgan fingerprint density at radius 1 is 1.12 bits per heavy atom. The van der Waals surface area contributed by atoms with Gasteiger partial charge in [-0.15, -0.1) is 0 Å². The summed E-state index contributed by atoms with van der Waals surface area (Å²) in [5.74, 6) is -0.401. The number of halogens is 1. The molecule has 0 saturated heterocycles. The van der Waals surface area contributed by atoms with E-state index in [1.807, 2.05) is 18.2 Å². The molecule has 0 saturated carbocycles. The molecule has 1 amide bonds. The molecule has 0 fully saturated rings. The lowest BCUT2D eigenvalue weighted by Gasteiger charge is -2.14. The van der Waals surface area contributed by atoms with Gasteiger partial charge in [0.15, 0.2) is 0 Å². The minimum Gasteiger partial charge on any atom is -0.495 e. The van der Waals surface area contributed by atoms with E-state index < -0.39 is 11.9 Å². The topological polar surface area (TPSA) is 90.8 Å². The highest BCUT2D eigenvalue weighted by Gasteiger charge is 2.21. The van der Waals surface area contributed by atoms with E-state index in [1.165, 1.54) is 19.2 Å². The van der Waals surface area contributed by atoms with Crippen molar-refractivity contribution < 1.29 is 13.9 Å². The van der Waals surface area contributed by atoms with E-state index in [2.05, 4.69) is 21.6 Å². The number of benzene rings is 3. The van der Waals surface area contributed by atoms with Gasteiger partial charge in [-0.05, 0) is 41.5 Å². The summed E-state index contributed by atoms with van der Waals surface area (Å²) in [5, 5.41) is 20.2. The molecule has 1 atom stereocenters. The number of methoxy groups -OCH3 is 1. The summed E-state index contributed by atoms with van der Waals surface area (Å²) < 4.78 is 18.7. The van der Waals surface area contributed by atoms with Gasteiger partial charge < -0.3 is 10.1 Å². The first-order chi connectivity index (χ1) is 15.6. The van der Waals surface area contributed by atoms with Crippen molar-refractivity contribution in [2.24, 2.45) is 0 Å². The molecule has 0 aliphatic rings. The van der Waals surface area contributed by atoms with E-state index in [9.17, 15) is 14.4 Å². The average molecular weight is 426 g/mol. The molecular weight excluding hydrogens is 407 g/mol. The summed E-state index contributed by atoms with van der Waals surface area (Å²) in [7, 11) is 1.48. The van der Waals surface area contributed by atoms with E-state index in [-0.39, 0.29) is 11.4 Å². The highest BCUT2D eigenvalue weighted by molar-refractivity contribution is 6.05. The normalized spacial score (nSPS) is 11.9. The molecular formula is C25H19FN4O2. The number of hydrogen-bond donors (Lipinski definition) is 2. The Hall–Kier alpha value is -4.44. The highest BCUT2D eigenvalue weighted by Crippen LogP contribution is 2.32. The van der Waals surface area contributed by atoms with Crippen molar-refractivity contribution in [3.63, 3.8) is 0 Å². The third-order valence-corrected chi connectivity index (χ3v) is 5.00. The molecule has 1 heterocycles. The fourth-order valence-corrected chi connectivity index (χ4v) is 3.41. The van der Waals surface area contributed by atoms with Crippen LogP contribution in [0.15, 0.2) is 66.7 Å². The van der Waals surface area contributed by atoms with Gasteiger partial charge in [0.2, 0.25) is 0 Å². The van der Waals surface area contributed by atoms with Crippen molar-refractivity contribution in [3.8, 4) is 11.8 Å². The van der Waals surface area contributed by atoms with Crippen LogP contribution in [0.5, 0.6) is 5.75 Å². The van der Waals surface area contributed by atoms with Crippen LogP contribution in [0.3, 0.4) is 0 Å². The number of aromatic nitrogens is 2. The van der Waals surface area contributed by atoms with Gasteiger partial charge in [-0.3, -0.25) is 9.89 Å². The largest absolute Gasteiger partial charge is 0.495 e. The second kappa shape index (κ2) is 9.14. The van der Waals surface area contributed by atoms with Gasteiger partial charge in [-0.1, -0.05) is 48.5 Å². The Morgan fingerprint density at radius 3 is 2.56 bits per heavy atom. The molecule has 0 aliphatic heterocycles. The van der Waals surface area contributed by atoms with Gasteiger partial charge in [0, 0.05) is 0 Å². The lowest BCUT2D eigenvalue weighted by atomic mass is 10.0. The van der Waals surface area contributed by atoms with Gasteiger partial charge in [0.25, 0.3) is 5.91 Å². The van der Waals surface area contributed by atoms with E-state index in [1.54, 1.807) is 48.6 Å². The Labute approximate surface area is 184 Å². The molecule has 4 rings (SSSR count). The molecule has 6 nitrogen and oxygen atoms in total. The number of nitrogens with one attached hydrogen (secondary N) is 2. The van der Waals surface area contributed by atoms with Gasteiger partial charge >= 0.3 is 0 Å². The fraction of sp³-hybridized carbons (Fsp3) is 0.0800. The first kappa shape index (κ1) is 20.8. The van der Waals surface area contributed by atoms with Gasteiger partial charge in [-0.2, -0.15) is 10.4 Å². The lowest BCUT2D eigenvalue weighted by Crippen LogP contribution is -2.28. The number of hydrogen-bond acceptors (Lipinski definition) is 4. The standard InChI is InChI=1S/C25H19FN4O2/c1-32-24-19(25(31)28-22(15-27)17-5-3-2-4-6-17)12-14-21-23(24)20(29-30-21)13-9-16-7-10-18(26)11-8-16/h2-14,22H,1H3,(H,28,31)(H,29,30)/b13-9+. The van der Waals surface area contributed by atoms with Crippen LogP contribution in [0.2, 0.25) is 0 Å². The third kappa shape index (κ3) is 4.20. The number of ether oxygens (including phenoxy) is 1. The number of nitrogens with zero attached hydrogens (tertiary/aromatic N) is 2. The number of fused-ring (bicyclic) bond motifs is 1. The van der Waals surface area contributed by atoms with Crippen molar-refractivity contribution in [1.29, 1.82) is 5.26 Å². The zero-order valence-corrected chi connectivity index (χ0v) is 17.2. The summed E-state index contributed by atoms with van der Waals surface area (Å²) in [6.45, 7) is 0. The Morgan fingerprint density at radius 2 is 1.88 bits per heavy atom. The van der Waals surface area contributed by atoms with Crippen LogP contribution in [-0.4, -0.2) is 23.2 Å². The zero-order valence-electron chi connectivity index (χ0n) is 17.2. The van der Waals surface area contributed by atoms with Crippen molar-refractivity contribution in [1.82, 2.24) is 15.5 Å². The molecule has 158 valence electrons. The maximum atomic E-state index is 13.1. The molecule has 1 unspecified atom stereocenters. The summed E-state index contributed by atoms with van der Waals surface area (Å²) in [6.07, 6.45) is 3.56. The smallest absolute Gasteiger partial charge is 0.256 e. The second-order valence-electron chi connectivity index (χ2n) is 7.01. The molecule has 0 aliphatic carbocycles. The number of rotatable bonds is 6. The number of carbonyl (C=O) groups is 1. The Kier molecular flexibility index (Phi) is 5.95. The van der Waals surface area contributed by atoms with Crippen LogP contribution < -0.4 is 10.1 Å². The highest BCUT2D eigenvalue weighted by atomic mass is 19.1. The summed E-state index contributed by atoms with van der Waals surface area (Å²) in [6, 6.07) is 19.8. The van der Waals surface area contributed by atoms with Crippen LogP contribution in [0.25, 0.3) is 23.1 Å². The molecule has 3 aromatic carbocycles. The minimum atomic E-state index is -0.800. The number of H-pyrrole nitrogens is 1. The van der Waals surface area contributed by atoms with Crippen LogP contribution >= 0.6 is 0 Å². The van der Waals surface area contributed by atoms with Crippen molar-refractivity contribution in [2.45, 2.75) is 6.04 Å². The van der Waals surface area contributed by atoms with E-state index in [4.69, 9.17) is 4.74 Å². The quantitative estimate of drug-likeness (QED) is 0.460. The third-order valence-electron chi connectivity index (χ3n) is 5.00. The van der Waals surface area contributed by atoms with Gasteiger partial charge in [0.1, 0.15) is 17.6 Å². The molecule has 0 bridgehead atoms. The SMILES string of the molecule is COc1c(C(=O)NC(C#N)c2ccccc2)ccc2[nH]nc(/C=C/c3ccc(F)cc3)c12. The maximum Gasteiger partial charge on any atom is 0.256 e. The first-order valence-electron chi connectivity index (χ1n) is 9.85. The van der Waals surface area contributed by atoms with Crippen molar-refractivity contribution in [3.05, 3.63) is 94.9 Å². The maximum absolute atomic E-state index is 13.1. The molecule has 0 spiro atoms. The molecule has 2 N–H and O–H groups in total. The summed E-state index contributed by atoms with van der Waals surface area (Å²) in [5.41, 5.74) is 3.03. The van der Waals surface area contributed by atoms with Crippen LogP contribution in [0, 0.1) is 17.1 Å². The van der Waals surface area contributed by atoms with Crippen molar-refractivity contribution >= 4 is 29.0 Å². The molecule has 7 heteroatoms. The number of nitriles is 1. The number of carbonyl (C=O) groups excluding carboxylic acids is 1. The van der Waals surface area contributed by atoms with Crippen LogP contribution in [0.1, 0.15) is 33.2 Å². The average Bonchev–Trinajstić information content (AvgIpc) is 3.25. The van der Waals surface area contributed by atoms with Gasteiger partial charge in [-0.25, -0.2) is 4.39 Å². The molecule has 32 heavy (non-hydrogen) atoms. The van der Waals surface area contributed by atoms with Gasteiger partial charge in [0.05, 0.1) is 35.3 Å². The van der Waals surface area contributed by atoms with E-state index in [0.717, 1.165) is 5.56 Å². The Balaban J connectivity index is 1.68. The predicted molar refractivity (Wildman–Crippen MR) is 120 cm³/mol. The van der Waals surface area contributed by atoms with Crippen molar-refractivity contribution in [2.75, 3.05) is 7.11 Å². The number of amides is 1. The fourth-order valence-electron chi connectivity index (χ4n) is 3.41. The summed E-state index contributed by atoms with van der Waals surface area (Å²) in [4.78, 5) is 13.0. The number of aromatic amines is 1. The monoisotopic (exact) mass is 426 g/mol. The van der Waals surface area contributed by atoms with Crippen LogP contribution in [-0.2, 0) is 0 Å². The zero-order chi connectivity index (χ0) is 22.5. The van der Waals surface area contributed by atoms with E-state index in [0.29, 0.717) is 27.9 Å². The lowest BCUT2D eigenvalue weighted by molar-refractivity contribution is 0.0942. The first-order valence-corrected chi connectivity index (χ1v) is 9.85. The molecule has 1 aromatic heterocycles. The second-order valence-corrected chi connectivity index (χ2v) is 7.01.